The maximum Gasteiger partial charge on any atom is 0.266 e. The summed E-state index contributed by atoms with van der Waals surface area (Å²) in [5.41, 5.74) is 5.15. The first-order chi connectivity index (χ1) is 15.8. The van der Waals surface area contributed by atoms with Gasteiger partial charge < -0.3 is 15.4 Å². The lowest BCUT2D eigenvalue weighted by molar-refractivity contribution is -0.118. The Hall–Kier alpha value is -4.37. The Morgan fingerprint density at radius 1 is 0.939 bits per heavy atom. The minimum atomic E-state index is -0.480. The second-order valence-corrected chi connectivity index (χ2v) is 7.72. The summed E-state index contributed by atoms with van der Waals surface area (Å²) in [5.74, 6) is -0.234. The van der Waals surface area contributed by atoms with Gasteiger partial charge in [-0.25, -0.2) is 0 Å². The maximum atomic E-state index is 12.4. The van der Waals surface area contributed by atoms with Gasteiger partial charge >= 0.3 is 0 Å². The fourth-order valence-electron chi connectivity index (χ4n) is 3.19. The molecule has 0 radical (unpaired) electrons. The highest BCUT2D eigenvalue weighted by Crippen LogP contribution is 2.18. The third-order valence-corrected chi connectivity index (χ3v) is 4.86. The topological polar surface area (TPSA) is 91.2 Å². The van der Waals surface area contributed by atoms with Crippen LogP contribution in [0.5, 0.6) is 5.75 Å². The van der Waals surface area contributed by atoms with E-state index in [4.69, 9.17) is 4.74 Å². The second-order valence-electron chi connectivity index (χ2n) is 7.72. The molecule has 0 atom stereocenters. The Labute approximate surface area is 193 Å². The van der Waals surface area contributed by atoms with E-state index < -0.39 is 5.91 Å². The fourth-order valence-corrected chi connectivity index (χ4v) is 3.19. The van der Waals surface area contributed by atoms with Crippen molar-refractivity contribution >= 4 is 29.3 Å². The fraction of sp³-hybridized carbons (Fsp3) is 0.148. The SMILES string of the molecule is Cc1cccc(NC(=O)/C(C#N)=C/c2ccc(OCC(=O)Nc3ccc(C)cc3C)cc2)c1. The Kier molecular flexibility index (Phi) is 7.61. The van der Waals surface area contributed by atoms with Crippen molar-refractivity contribution in [1.82, 2.24) is 0 Å². The molecule has 3 aromatic carbocycles. The Morgan fingerprint density at radius 2 is 1.67 bits per heavy atom. The van der Waals surface area contributed by atoms with Crippen molar-refractivity contribution in [2.24, 2.45) is 0 Å². The summed E-state index contributed by atoms with van der Waals surface area (Å²) in [4.78, 5) is 24.6. The van der Waals surface area contributed by atoms with Crippen molar-refractivity contribution in [3.05, 3.63) is 94.6 Å². The molecule has 0 unspecified atom stereocenters. The molecule has 0 fully saturated rings. The monoisotopic (exact) mass is 439 g/mol. The molecule has 6 heteroatoms. The Bertz CT molecular complexity index is 1240. The van der Waals surface area contributed by atoms with Gasteiger partial charge in [0.1, 0.15) is 17.4 Å². The zero-order valence-electron chi connectivity index (χ0n) is 18.8. The molecule has 0 spiro atoms. The third-order valence-electron chi connectivity index (χ3n) is 4.86. The lowest BCUT2D eigenvalue weighted by Crippen LogP contribution is -2.20. The zero-order valence-corrected chi connectivity index (χ0v) is 18.8. The molecular formula is C27H25N3O3. The molecule has 0 heterocycles. The highest BCUT2D eigenvalue weighted by atomic mass is 16.5. The normalized spacial score (nSPS) is 10.8. The van der Waals surface area contributed by atoms with Crippen LogP contribution in [0.1, 0.15) is 22.3 Å². The minimum absolute atomic E-state index is 0.0157. The number of nitrogens with zero attached hydrogens (tertiary/aromatic N) is 1. The first kappa shape index (κ1) is 23.3. The predicted molar refractivity (Wildman–Crippen MR) is 130 cm³/mol. The smallest absolute Gasteiger partial charge is 0.266 e. The van der Waals surface area contributed by atoms with Crippen LogP contribution < -0.4 is 15.4 Å². The number of nitriles is 1. The van der Waals surface area contributed by atoms with Crippen LogP contribution in [-0.2, 0) is 9.59 Å². The Balaban J connectivity index is 1.58. The average Bonchev–Trinajstić information content (AvgIpc) is 2.78. The number of benzene rings is 3. The largest absolute Gasteiger partial charge is 0.484 e. The number of hydrogen-bond donors (Lipinski definition) is 2. The van der Waals surface area contributed by atoms with Crippen LogP contribution in [0.4, 0.5) is 11.4 Å². The van der Waals surface area contributed by atoms with Crippen LogP contribution in [0.3, 0.4) is 0 Å². The number of aryl methyl sites for hydroxylation is 3. The van der Waals surface area contributed by atoms with Crippen molar-refractivity contribution in [1.29, 1.82) is 5.26 Å². The van der Waals surface area contributed by atoms with Crippen LogP contribution in [0, 0.1) is 32.1 Å². The molecule has 6 nitrogen and oxygen atoms in total. The van der Waals surface area contributed by atoms with Gasteiger partial charge in [0.2, 0.25) is 0 Å². The zero-order chi connectivity index (χ0) is 23.8. The van der Waals surface area contributed by atoms with E-state index in [0.29, 0.717) is 17.0 Å². The Morgan fingerprint density at radius 3 is 2.33 bits per heavy atom. The summed E-state index contributed by atoms with van der Waals surface area (Å²) in [6, 6.07) is 21.9. The maximum absolute atomic E-state index is 12.4. The van der Waals surface area contributed by atoms with Crippen molar-refractivity contribution in [3.8, 4) is 11.8 Å². The number of amides is 2. The quantitative estimate of drug-likeness (QED) is 0.392. The van der Waals surface area contributed by atoms with Gasteiger partial charge in [-0.15, -0.1) is 0 Å². The van der Waals surface area contributed by atoms with Crippen molar-refractivity contribution in [3.63, 3.8) is 0 Å². The molecule has 0 saturated heterocycles. The van der Waals surface area contributed by atoms with E-state index in [1.807, 2.05) is 63.2 Å². The van der Waals surface area contributed by atoms with Gasteiger partial charge in [0, 0.05) is 11.4 Å². The molecular weight excluding hydrogens is 414 g/mol. The number of ether oxygens (including phenoxy) is 1. The highest BCUT2D eigenvalue weighted by Gasteiger charge is 2.10. The molecule has 3 aromatic rings. The van der Waals surface area contributed by atoms with E-state index in [9.17, 15) is 14.9 Å². The summed E-state index contributed by atoms with van der Waals surface area (Å²) in [7, 11) is 0. The molecule has 0 aliphatic rings. The molecule has 2 amide bonds. The van der Waals surface area contributed by atoms with Gasteiger partial charge in [-0.05, 0) is 73.9 Å². The molecule has 0 aliphatic carbocycles. The number of nitrogens with one attached hydrogen (secondary N) is 2. The molecule has 2 N–H and O–H groups in total. The molecule has 0 saturated carbocycles. The number of carbonyl (C=O) groups is 2. The van der Waals surface area contributed by atoms with Gasteiger partial charge in [-0.3, -0.25) is 9.59 Å². The van der Waals surface area contributed by atoms with Gasteiger partial charge in [0.05, 0.1) is 0 Å². The predicted octanol–water partition coefficient (Wildman–Crippen LogP) is 5.18. The van der Waals surface area contributed by atoms with Crippen LogP contribution in [0.15, 0.2) is 72.3 Å². The first-order valence-corrected chi connectivity index (χ1v) is 10.4. The molecule has 166 valence electrons. The summed E-state index contributed by atoms with van der Waals surface area (Å²) < 4.78 is 5.55. The van der Waals surface area contributed by atoms with Crippen LogP contribution >= 0.6 is 0 Å². The van der Waals surface area contributed by atoms with E-state index in [1.54, 1.807) is 30.3 Å². The average molecular weight is 440 g/mol. The van der Waals surface area contributed by atoms with Gasteiger partial charge in [-0.1, -0.05) is 42.0 Å². The molecule has 0 aromatic heterocycles. The van der Waals surface area contributed by atoms with E-state index in [2.05, 4.69) is 10.6 Å². The second kappa shape index (κ2) is 10.8. The summed E-state index contributed by atoms with van der Waals surface area (Å²) in [6.45, 7) is 5.72. The van der Waals surface area contributed by atoms with Gasteiger partial charge in [0.15, 0.2) is 6.61 Å². The van der Waals surface area contributed by atoms with E-state index in [-0.39, 0.29) is 18.1 Å². The summed E-state index contributed by atoms with van der Waals surface area (Å²) in [5, 5.41) is 15.0. The number of rotatable bonds is 7. The van der Waals surface area contributed by atoms with E-state index >= 15 is 0 Å². The van der Waals surface area contributed by atoms with Crippen molar-refractivity contribution < 1.29 is 14.3 Å². The summed E-state index contributed by atoms with van der Waals surface area (Å²) in [6.07, 6.45) is 1.50. The first-order valence-electron chi connectivity index (χ1n) is 10.4. The number of anilines is 2. The van der Waals surface area contributed by atoms with Crippen LogP contribution in [-0.4, -0.2) is 18.4 Å². The lowest BCUT2D eigenvalue weighted by Gasteiger charge is -2.10. The lowest BCUT2D eigenvalue weighted by atomic mass is 10.1. The number of hydrogen-bond acceptors (Lipinski definition) is 4. The molecule has 3 rings (SSSR count). The third kappa shape index (κ3) is 6.81. The minimum Gasteiger partial charge on any atom is -0.484 e. The molecule has 33 heavy (non-hydrogen) atoms. The van der Waals surface area contributed by atoms with Gasteiger partial charge in [0.25, 0.3) is 11.8 Å². The standard InChI is InChI=1S/C27H25N3O3/c1-18-5-4-6-23(14-18)29-27(32)22(16-28)15-21-8-10-24(11-9-21)33-17-26(31)30-25-12-7-19(2)13-20(25)3/h4-15H,17H2,1-3H3,(H,29,32)(H,30,31)/b22-15+. The highest BCUT2D eigenvalue weighted by molar-refractivity contribution is 6.09. The van der Waals surface area contributed by atoms with E-state index in [1.165, 1.54) is 6.08 Å². The molecule has 0 aliphatic heterocycles. The van der Waals surface area contributed by atoms with E-state index in [0.717, 1.165) is 22.4 Å². The van der Waals surface area contributed by atoms with Crippen LogP contribution in [0.2, 0.25) is 0 Å². The van der Waals surface area contributed by atoms with Gasteiger partial charge in [-0.2, -0.15) is 5.26 Å². The number of carbonyl (C=O) groups excluding carboxylic acids is 2. The molecule has 0 bridgehead atoms. The van der Waals surface area contributed by atoms with Crippen molar-refractivity contribution in [2.75, 3.05) is 17.2 Å². The summed E-state index contributed by atoms with van der Waals surface area (Å²) >= 11 is 0. The van der Waals surface area contributed by atoms with Crippen LogP contribution in [0.25, 0.3) is 6.08 Å². The van der Waals surface area contributed by atoms with Crippen molar-refractivity contribution in [2.45, 2.75) is 20.8 Å².